The minimum absolute atomic E-state index is 0.0133. The number of amides is 1. The number of hydrogen-bond acceptors (Lipinski definition) is 7. The molecule has 2 rings (SSSR count). The lowest BCUT2D eigenvalue weighted by Gasteiger charge is -2.33. The lowest BCUT2D eigenvalue weighted by molar-refractivity contribution is -0.385. The molecule has 0 radical (unpaired) electrons. The van der Waals surface area contributed by atoms with E-state index in [0.29, 0.717) is 0 Å². The Bertz CT molecular complexity index is 1020. The first-order chi connectivity index (χ1) is 14.8. The highest BCUT2D eigenvalue weighted by molar-refractivity contribution is 5.85. The molecular formula is C23H29N3O6. The van der Waals surface area contributed by atoms with E-state index in [4.69, 9.17) is 4.74 Å². The van der Waals surface area contributed by atoms with E-state index in [0.717, 1.165) is 18.1 Å². The number of rotatable bonds is 8. The maximum Gasteiger partial charge on any atom is 0.311 e. The summed E-state index contributed by atoms with van der Waals surface area (Å²) in [7, 11) is 0. The van der Waals surface area contributed by atoms with Crippen molar-refractivity contribution in [2.45, 2.75) is 46.5 Å². The Kier molecular flexibility index (Phi) is 7.45. The molecular weight excluding hydrogens is 414 g/mol. The van der Waals surface area contributed by atoms with Crippen molar-refractivity contribution >= 4 is 17.8 Å². The summed E-state index contributed by atoms with van der Waals surface area (Å²) in [5.41, 5.74) is 2.86. The molecule has 0 unspecified atom stereocenters. The highest BCUT2D eigenvalue weighted by atomic mass is 16.6. The number of nitro groups is 1. The first-order valence-electron chi connectivity index (χ1n) is 10.0. The third-order valence-corrected chi connectivity index (χ3v) is 4.68. The molecule has 32 heavy (non-hydrogen) atoms. The molecule has 0 bridgehead atoms. The van der Waals surface area contributed by atoms with Crippen LogP contribution >= 0.6 is 0 Å². The average molecular weight is 444 g/mol. The smallest absolute Gasteiger partial charge is 0.311 e. The summed E-state index contributed by atoms with van der Waals surface area (Å²) in [5, 5.41) is 34.2. The van der Waals surface area contributed by atoms with Gasteiger partial charge in [-0.25, -0.2) is 5.43 Å². The van der Waals surface area contributed by atoms with Crippen LogP contribution in [0.1, 0.15) is 52.2 Å². The van der Waals surface area contributed by atoms with Crippen molar-refractivity contribution in [2.24, 2.45) is 10.5 Å². The van der Waals surface area contributed by atoms with Crippen molar-refractivity contribution in [2.75, 3.05) is 6.61 Å². The number of phenolic OH excluding ortho intramolecular Hbond substituents is 2. The van der Waals surface area contributed by atoms with E-state index < -0.39 is 17.4 Å². The van der Waals surface area contributed by atoms with Gasteiger partial charge in [-0.1, -0.05) is 40.7 Å². The average Bonchev–Trinajstić information content (AvgIpc) is 2.66. The zero-order valence-electron chi connectivity index (χ0n) is 18.9. The molecule has 1 amide bonds. The molecule has 2 aromatic carbocycles. The quantitative estimate of drug-likeness (QED) is 0.317. The van der Waals surface area contributed by atoms with Crippen LogP contribution in [0.25, 0.3) is 0 Å². The van der Waals surface area contributed by atoms with Crippen molar-refractivity contribution in [3.8, 4) is 17.2 Å². The molecule has 0 saturated carbocycles. The number of nitro benzene ring substituents is 1. The number of carbonyl (C=O) groups excluding carboxylic acids is 1. The Morgan fingerprint density at radius 3 is 2.44 bits per heavy atom. The predicted octanol–water partition coefficient (Wildman–Crippen LogP) is 4.25. The monoisotopic (exact) mass is 443 g/mol. The Balaban J connectivity index is 2.06. The lowest BCUT2D eigenvalue weighted by Crippen LogP contribution is -2.26. The fraction of sp³-hybridized carbons (Fsp3) is 0.391. The second-order valence-electron chi connectivity index (χ2n) is 9.39. The van der Waals surface area contributed by atoms with Gasteiger partial charge in [-0.05, 0) is 41.0 Å². The zero-order chi connectivity index (χ0) is 24.1. The molecule has 9 heteroatoms. The second kappa shape index (κ2) is 9.67. The van der Waals surface area contributed by atoms with E-state index in [1.165, 1.54) is 30.5 Å². The van der Waals surface area contributed by atoms with Crippen LogP contribution in [0.15, 0.2) is 41.5 Å². The zero-order valence-corrected chi connectivity index (χ0v) is 18.9. The largest absolute Gasteiger partial charge is 0.508 e. The Hall–Kier alpha value is -3.62. The van der Waals surface area contributed by atoms with Crippen molar-refractivity contribution < 1.29 is 24.7 Å². The van der Waals surface area contributed by atoms with Gasteiger partial charge in [-0.2, -0.15) is 5.10 Å². The van der Waals surface area contributed by atoms with Gasteiger partial charge >= 0.3 is 5.69 Å². The third kappa shape index (κ3) is 6.97. The topological polar surface area (TPSA) is 134 Å². The molecule has 9 nitrogen and oxygen atoms in total. The SMILES string of the molecule is CC(C)(C)CC(C)(C)c1ccc(OCC(=O)NN=Cc2ccc(O)cc2O)c([N+](=O)[O-])c1. The fourth-order valence-corrected chi connectivity index (χ4v) is 3.62. The van der Waals surface area contributed by atoms with Gasteiger partial charge in [0.25, 0.3) is 5.91 Å². The van der Waals surface area contributed by atoms with Crippen LogP contribution in [0.2, 0.25) is 0 Å². The number of benzene rings is 2. The van der Waals surface area contributed by atoms with E-state index in [9.17, 15) is 25.1 Å². The van der Waals surface area contributed by atoms with Gasteiger partial charge in [0, 0.05) is 17.7 Å². The number of hydrazone groups is 1. The second-order valence-corrected chi connectivity index (χ2v) is 9.39. The van der Waals surface area contributed by atoms with E-state index in [-0.39, 0.29) is 39.3 Å². The minimum atomic E-state index is -0.633. The van der Waals surface area contributed by atoms with E-state index in [2.05, 4.69) is 31.3 Å². The number of hydrogen-bond donors (Lipinski definition) is 3. The normalized spacial score (nSPS) is 12.0. The summed E-state index contributed by atoms with van der Waals surface area (Å²) in [6.07, 6.45) is 2.02. The minimum Gasteiger partial charge on any atom is -0.508 e. The number of carbonyl (C=O) groups is 1. The lowest BCUT2D eigenvalue weighted by atomic mass is 9.72. The number of phenols is 2. The Morgan fingerprint density at radius 1 is 1.16 bits per heavy atom. The number of nitrogens with zero attached hydrogens (tertiary/aromatic N) is 2. The summed E-state index contributed by atoms with van der Waals surface area (Å²) < 4.78 is 5.36. The number of ether oxygens (including phenoxy) is 1. The Labute approximate surface area is 186 Å². The van der Waals surface area contributed by atoms with Gasteiger partial charge in [0.2, 0.25) is 0 Å². The highest BCUT2D eigenvalue weighted by Gasteiger charge is 2.29. The fourth-order valence-electron chi connectivity index (χ4n) is 3.62. The highest BCUT2D eigenvalue weighted by Crippen LogP contribution is 2.39. The summed E-state index contributed by atoms with van der Waals surface area (Å²) in [5.74, 6) is -0.956. The molecule has 0 aliphatic heterocycles. The van der Waals surface area contributed by atoms with Gasteiger partial charge in [0.05, 0.1) is 11.1 Å². The first-order valence-corrected chi connectivity index (χ1v) is 10.0. The van der Waals surface area contributed by atoms with E-state index in [1.807, 2.05) is 13.8 Å². The van der Waals surface area contributed by atoms with Gasteiger partial charge in [-0.3, -0.25) is 14.9 Å². The molecule has 0 atom stereocenters. The van der Waals surface area contributed by atoms with Gasteiger partial charge < -0.3 is 14.9 Å². The predicted molar refractivity (Wildman–Crippen MR) is 121 cm³/mol. The molecule has 3 N–H and O–H groups in total. The summed E-state index contributed by atoms with van der Waals surface area (Å²) in [6, 6.07) is 8.68. The molecule has 172 valence electrons. The van der Waals surface area contributed by atoms with Gasteiger partial charge in [0.1, 0.15) is 11.5 Å². The standard InChI is InChI=1S/C23H29N3O6/c1-22(2,3)14-23(4,5)16-7-9-20(18(10-16)26(30)31)32-13-21(29)25-24-12-15-6-8-17(27)11-19(15)28/h6-12,27-28H,13-14H2,1-5H3,(H,25,29). The van der Waals surface area contributed by atoms with Gasteiger partial charge in [-0.15, -0.1) is 0 Å². The number of aromatic hydroxyl groups is 2. The van der Waals surface area contributed by atoms with Crippen molar-refractivity contribution in [3.05, 3.63) is 57.6 Å². The van der Waals surface area contributed by atoms with Gasteiger partial charge in [0.15, 0.2) is 12.4 Å². The maximum absolute atomic E-state index is 12.0. The summed E-state index contributed by atoms with van der Waals surface area (Å²) in [6.45, 7) is 9.94. The maximum atomic E-state index is 12.0. The van der Waals surface area contributed by atoms with Crippen LogP contribution in [0.5, 0.6) is 17.2 Å². The molecule has 0 aromatic heterocycles. The summed E-state index contributed by atoms with van der Waals surface area (Å²) in [4.78, 5) is 23.0. The molecule has 0 heterocycles. The Morgan fingerprint density at radius 2 is 1.84 bits per heavy atom. The molecule has 0 fully saturated rings. The van der Waals surface area contributed by atoms with Crippen LogP contribution < -0.4 is 10.2 Å². The molecule has 0 aliphatic rings. The third-order valence-electron chi connectivity index (χ3n) is 4.68. The van der Waals surface area contributed by atoms with Crippen LogP contribution in [-0.2, 0) is 10.2 Å². The van der Waals surface area contributed by atoms with Crippen molar-refractivity contribution in [1.82, 2.24) is 5.43 Å². The van der Waals surface area contributed by atoms with Crippen LogP contribution in [0.4, 0.5) is 5.69 Å². The van der Waals surface area contributed by atoms with Crippen molar-refractivity contribution in [1.29, 1.82) is 0 Å². The molecule has 2 aromatic rings. The summed E-state index contributed by atoms with van der Waals surface area (Å²) >= 11 is 0. The van der Waals surface area contributed by atoms with E-state index >= 15 is 0 Å². The van der Waals surface area contributed by atoms with Crippen molar-refractivity contribution in [3.63, 3.8) is 0 Å². The van der Waals surface area contributed by atoms with E-state index in [1.54, 1.807) is 6.07 Å². The van der Waals surface area contributed by atoms with Crippen LogP contribution in [0.3, 0.4) is 0 Å². The first kappa shape index (κ1) is 24.6. The van der Waals surface area contributed by atoms with Crippen LogP contribution in [-0.4, -0.2) is 33.9 Å². The number of nitrogens with one attached hydrogen (secondary N) is 1. The molecule has 0 aliphatic carbocycles. The molecule has 0 saturated heterocycles. The van der Waals surface area contributed by atoms with Crippen LogP contribution in [0, 0.1) is 15.5 Å². The molecule has 0 spiro atoms.